The topological polar surface area (TPSA) is 0 Å². The lowest BCUT2D eigenvalue weighted by molar-refractivity contribution is 0.586. The van der Waals surface area contributed by atoms with Gasteiger partial charge in [0.25, 0.3) is 0 Å². The molecule has 0 amide bonds. The molecule has 0 bridgehead atoms. The molecule has 0 spiro atoms. The highest BCUT2D eigenvalue weighted by atomic mass is 79.9. The van der Waals surface area contributed by atoms with Crippen LogP contribution >= 0.6 is 31.9 Å². The minimum Gasteiger partial charge on any atom is -0.0567 e. The van der Waals surface area contributed by atoms with Crippen molar-refractivity contribution in [2.24, 2.45) is 0 Å². The number of rotatable bonds is 0. The maximum atomic E-state index is 3.81. The molecule has 0 fully saturated rings. The van der Waals surface area contributed by atoms with Gasteiger partial charge in [-0.25, -0.2) is 0 Å². The van der Waals surface area contributed by atoms with Crippen LogP contribution in [0.5, 0.6) is 0 Å². The van der Waals surface area contributed by atoms with Gasteiger partial charge in [-0.2, -0.15) is 0 Å². The van der Waals surface area contributed by atoms with E-state index in [-0.39, 0.29) is 10.8 Å². The highest BCUT2D eigenvalue weighted by Gasteiger charge is 2.22. The standard InChI is InChI=1S/C18H22Br2/c1-17(2,3)13-9-7-12-11(15(13)19)8-10-14(16(12)20)18(4,5)6/h7-10H,1-6H3. The normalized spacial score (nSPS) is 13.0. The van der Waals surface area contributed by atoms with Gasteiger partial charge >= 0.3 is 0 Å². The second-order valence-corrected chi connectivity index (χ2v) is 9.04. The van der Waals surface area contributed by atoms with Gasteiger partial charge in [0.2, 0.25) is 0 Å². The Kier molecular flexibility index (Phi) is 4.12. The van der Waals surface area contributed by atoms with Gasteiger partial charge in [-0.3, -0.25) is 0 Å². The monoisotopic (exact) mass is 396 g/mol. The van der Waals surface area contributed by atoms with Crippen LogP contribution in [0.2, 0.25) is 0 Å². The molecule has 0 unspecified atom stereocenters. The molecule has 0 aliphatic rings. The lowest BCUT2D eigenvalue weighted by Gasteiger charge is -2.25. The second-order valence-electron chi connectivity index (χ2n) is 7.45. The zero-order valence-corrected chi connectivity index (χ0v) is 16.2. The van der Waals surface area contributed by atoms with E-state index in [0.29, 0.717) is 0 Å². The first kappa shape index (κ1) is 16.0. The fourth-order valence-corrected chi connectivity index (χ4v) is 4.64. The number of hydrogen-bond donors (Lipinski definition) is 0. The minimum atomic E-state index is 0.141. The average Bonchev–Trinajstić information content (AvgIpc) is 2.27. The molecule has 0 aliphatic carbocycles. The van der Waals surface area contributed by atoms with Gasteiger partial charge in [0.05, 0.1) is 0 Å². The highest BCUT2D eigenvalue weighted by Crippen LogP contribution is 2.41. The van der Waals surface area contributed by atoms with Crippen molar-refractivity contribution in [3.8, 4) is 0 Å². The molecule has 2 aromatic carbocycles. The second kappa shape index (κ2) is 5.14. The Morgan fingerprint density at radius 1 is 0.600 bits per heavy atom. The summed E-state index contributed by atoms with van der Waals surface area (Å²) in [6.45, 7) is 13.5. The third-order valence-electron chi connectivity index (χ3n) is 3.69. The maximum Gasteiger partial charge on any atom is 0.0291 e. The van der Waals surface area contributed by atoms with Crippen molar-refractivity contribution in [1.82, 2.24) is 0 Å². The van der Waals surface area contributed by atoms with E-state index in [2.05, 4.69) is 97.7 Å². The van der Waals surface area contributed by atoms with Crippen molar-refractivity contribution in [2.75, 3.05) is 0 Å². The molecular weight excluding hydrogens is 376 g/mol. The molecule has 0 aliphatic heterocycles. The Hall–Kier alpha value is -0.340. The lowest BCUT2D eigenvalue weighted by Crippen LogP contribution is -2.13. The van der Waals surface area contributed by atoms with Crippen LogP contribution in [0.25, 0.3) is 10.8 Å². The summed E-state index contributed by atoms with van der Waals surface area (Å²) in [6, 6.07) is 8.95. The van der Waals surface area contributed by atoms with E-state index >= 15 is 0 Å². The third-order valence-corrected chi connectivity index (χ3v) is 5.39. The van der Waals surface area contributed by atoms with Crippen LogP contribution in [0.4, 0.5) is 0 Å². The molecule has 0 heterocycles. The largest absolute Gasteiger partial charge is 0.0567 e. The first-order valence-electron chi connectivity index (χ1n) is 6.95. The predicted molar refractivity (Wildman–Crippen MR) is 96.7 cm³/mol. The quantitative estimate of drug-likeness (QED) is 0.450. The smallest absolute Gasteiger partial charge is 0.0291 e. The summed E-state index contributed by atoms with van der Waals surface area (Å²) < 4.78 is 2.42. The zero-order valence-electron chi connectivity index (χ0n) is 13.1. The fraction of sp³-hybridized carbons (Fsp3) is 0.444. The lowest BCUT2D eigenvalue weighted by atomic mass is 9.83. The van der Waals surface area contributed by atoms with Crippen molar-refractivity contribution in [1.29, 1.82) is 0 Å². The summed E-state index contributed by atoms with van der Waals surface area (Å²) in [7, 11) is 0. The summed E-state index contributed by atoms with van der Waals surface area (Å²) in [5.41, 5.74) is 2.98. The maximum absolute atomic E-state index is 3.81. The predicted octanol–water partition coefficient (Wildman–Crippen LogP) is 6.96. The van der Waals surface area contributed by atoms with Gasteiger partial charge < -0.3 is 0 Å². The van der Waals surface area contributed by atoms with Crippen LogP contribution in [0.15, 0.2) is 33.2 Å². The zero-order chi connectivity index (χ0) is 15.3. The SMILES string of the molecule is CC(C)(C)c1ccc2c(Br)c(C(C)(C)C)ccc2c1Br. The molecule has 0 saturated carbocycles. The van der Waals surface area contributed by atoms with Crippen molar-refractivity contribution in [3.05, 3.63) is 44.3 Å². The van der Waals surface area contributed by atoms with Gasteiger partial charge in [-0.15, -0.1) is 0 Å². The molecule has 0 aromatic heterocycles. The van der Waals surface area contributed by atoms with E-state index in [1.165, 1.54) is 30.8 Å². The van der Waals surface area contributed by atoms with E-state index in [4.69, 9.17) is 0 Å². The highest BCUT2D eigenvalue weighted by molar-refractivity contribution is 9.11. The number of halogens is 2. The summed E-state index contributed by atoms with van der Waals surface area (Å²) in [5.74, 6) is 0. The Morgan fingerprint density at radius 2 is 0.900 bits per heavy atom. The molecule has 108 valence electrons. The number of hydrogen-bond acceptors (Lipinski definition) is 0. The first-order chi connectivity index (χ1) is 9.03. The van der Waals surface area contributed by atoms with Crippen molar-refractivity contribution in [3.63, 3.8) is 0 Å². The van der Waals surface area contributed by atoms with E-state index in [1.54, 1.807) is 0 Å². The van der Waals surface area contributed by atoms with E-state index in [1.807, 2.05) is 0 Å². The molecule has 2 aromatic rings. The minimum absolute atomic E-state index is 0.141. The Labute approximate surface area is 139 Å². The Balaban J connectivity index is 2.79. The van der Waals surface area contributed by atoms with Gasteiger partial charge in [0, 0.05) is 8.95 Å². The molecule has 0 nitrogen and oxygen atoms in total. The number of fused-ring (bicyclic) bond motifs is 1. The summed E-state index contributed by atoms with van der Waals surface area (Å²) >= 11 is 7.61. The average molecular weight is 398 g/mol. The van der Waals surface area contributed by atoms with E-state index < -0.39 is 0 Å². The van der Waals surface area contributed by atoms with Crippen LogP contribution < -0.4 is 0 Å². The van der Waals surface area contributed by atoms with Gasteiger partial charge in [-0.1, -0.05) is 65.8 Å². The van der Waals surface area contributed by atoms with Crippen molar-refractivity contribution >= 4 is 42.6 Å². The third kappa shape index (κ3) is 2.82. The fourth-order valence-electron chi connectivity index (χ4n) is 2.49. The van der Waals surface area contributed by atoms with Gasteiger partial charge in [-0.05, 0) is 64.6 Å². The van der Waals surface area contributed by atoms with Crippen molar-refractivity contribution < 1.29 is 0 Å². The van der Waals surface area contributed by atoms with E-state index in [9.17, 15) is 0 Å². The molecular formula is C18H22Br2. The van der Waals surface area contributed by atoms with E-state index in [0.717, 1.165) is 0 Å². The molecule has 2 rings (SSSR count). The number of benzene rings is 2. The van der Waals surface area contributed by atoms with Crippen molar-refractivity contribution in [2.45, 2.75) is 52.4 Å². The molecule has 0 atom stereocenters. The molecule has 0 radical (unpaired) electrons. The van der Waals surface area contributed by atoms with Gasteiger partial charge in [0.1, 0.15) is 0 Å². The van der Waals surface area contributed by atoms with Crippen LogP contribution in [-0.2, 0) is 10.8 Å². The first-order valence-corrected chi connectivity index (χ1v) is 8.54. The molecule has 0 N–H and O–H groups in total. The van der Waals surface area contributed by atoms with Crippen LogP contribution in [-0.4, -0.2) is 0 Å². The van der Waals surface area contributed by atoms with Crippen LogP contribution in [0.3, 0.4) is 0 Å². The van der Waals surface area contributed by atoms with Crippen LogP contribution in [0, 0.1) is 0 Å². The Morgan fingerprint density at radius 3 is 1.15 bits per heavy atom. The van der Waals surface area contributed by atoms with Gasteiger partial charge in [0.15, 0.2) is 0 Å². The molecule has 20 heavy (non-hydrogen) atoms. The Bertz CT molecular complexity index is 596. The van der Waals surface area contributed by atoms with Crippen LogP contribution in [0.1, 0.15) is 52.7 Å². The summed E-state index contributed by atoms with van der Waals surface area (Å²) in [5, 5.41) is 2.55. The summed E-state index contributed by atoms with van der Waals surface area (Å²) in [4.78, 5) is 0. The summed E-state index contributed by atoms with van der Waals surface area (Å²) in [6.07, 6.45) is 0. The molecule has 2 heteroatoms. The molecule has 0 saturated heterocycles.